The Kier molecular flexibility index (Phi) is 5.19. The number of aromatic nitrogens is 2. The van der Waals surface area contributed by atoms with Gasteiger partial charge in [0.15, 0.2) is 0 Å². The second-order valence-corrected chi connectivity index (χ2v) is 12.8. The molecule has 0 amide bonds. The molecule has 0 aliphatic rings. The van der Waals surface area contributed by atoms with E-state index in [1.54, 1.807) is 0 Å². The van der Waals surface area contributed by atoms with Crippen molar-refractivity contribution >= 4 is 75.1 Å². The summed E-state index contributed by atoms with van der Waals surface area (Å²) in [4.78, 5) is 0. The molecule has 0 saturated heterocycles. The highest BCUT2D eigenvalue weighted by Crippen LogP contribution is 2.46. The fraction of sp³-hybridized carbons (Fsp3) is 0. The van der Waals surface area contributed by atoms with Crippen molar-refractivity contribution in [3.63, 3.8) is 0 Å². The number of hydrogen-bond acceptors (Lipinski definition) is 1. The van der Waals surface area contributed by atoms with E-state index in [9.17, 15) is 0 Å². The first-order valence-corrected chi connectivity index (χ1v) is 16.2. The van der Waals surface area contributed by atoms with E-state index in [2.05, 4.69) is 167 Å². The maximum absolute atomic E-state index is 2.49. The van der Waals surface area contributed by atoms with Gasteiger partial charge in [0.25, 0.3) is 0 Å². The van der Waals surface area contributed by atoms with E-state index < -0.39 is 0 Å². The molecular formula is C42H26N2S. The molecule has 3 aromatic heterocycles. The summed E-state index contributed by atoms with van der Waals surface area (Å²) < 4.78 is 7.58. The minimum Gasteiger partial charge on any atom is -0.309 e. The molecule has 0 radical (unpaired) electrons. The number of thiophene rings is 1. The fourth-order valence-corrected chi connectivity index (χ4v) is 8.55. The molecule has 210 valence electrons. The highest BCUT2D eigenvalue weighted by atomic mass is 32.1. The Morgan fingerprint density at radius 2 is 1.00 bits per heavy atom. The normalized spacial score (nSPS) is 12.0. The first-order valence-electron chi connectivity index (χ1n) is 15.4. The molecule has 0 spiro atoms. The molecule has 3 heteroatoms. The van der Waals surface area contributed by atoms with Gasteiger partial charge in [-0.05, 0) is 65.7 Å². The smallest absolute Gasteiger partial charge is 0.0634 e. The van der Waals surface area contributed by atoms with Gasteiger partial charge >= 0.3 is 0 Å². The van der Waals surface area contributed by atoms with Crippen LogP contribution in [0, 0.1) is 0 Å². The van der Waals surface area contributed by atoms with Crippen molar-refractivity contribution in [1.82, 2.24) is 9.13 Å². The lowest BCUT2D eigenvalue weighted by atomic mass is 10.0. The SMILES string of the molecule is c1ccc(-c2cccc(-n3c4ccccc4c4c5c6ccc7sc8ccccc8c7c6n(-c6ccccc6)c5ccc43)c2)cc1. The van der Waals surface area contributed by atoms with E-state index in [0.29, 0.717) is 0 Å². The first kappa shape index (κ1) is 24.8. The van der Waals surface area contributed by atoms with Crippen molar-refractivity contribution in [2.45, 2.75) is 0 Å². The van der Waals surface area contributed by atoms with Crippen LogP contribution in [0.5, 0.6) is 0 Å². The summed E-state index contributed by atoms with van der Waals surface area (Å²) in [7, 11) is 0. The van der Waals surface area contributed by atoms with Crippen LogP contribution in [0.2, 0.25) is 0 Å². The number of rotatable bonds is 3. The minimum absolute atomic E-state index is 1.17. The molecule has 3 heterocycles. The predicted molar refractivity (Wildman–Crippen MR) is 193 cm³/mol. The van der Waals surface area contributed by atoms with Crippen LogP contribution in [0.25, 0.3) is 86.3 Å². The number of hydrogen-bond donors (Lipinski definition) is 0. The van der Waals surface area contributed by atoms with Gasteiger partial charge in [-0.1, -0.05) is 103 Å². The Bertz CT molecular complexity index is 2740. The molecule has 2 nitrogen and oxygen atoms in total. The van der Waals surface area contributed by atoms with Crippen LogP contribution < -0.4 is 0 Å². The quantitative estimate of drug-likeness (QED) is 0.194. The van der Waals surface area contributed by atoms with Gasteiger partial charge < -0.3 is 9.13 Å². The van der Waals surface area contributed by atoms with Crippen molar-refractivity contribution in [2.75, 3.05) is 0 Å². The second-order valence-electron chi connectivity index (χ2n) is 11.7. The molecule has 0 aliphatic carbocycles. The molecule has 0 unspecified atom stereocenters. The Labute approximate surface area is 263 Å². The lowest BCUT2D eigenvalue weighted by Gasteiger charge is -2.11. The van der Waals surface area contributed by atoms with Crippen molar-refractivity contribution in [3.05, 3.63) is 158 Å². The van der Waals surface area contributed by atoms with Gasteiger partial charge in [0.1, 0.15) is 0 Å². The molecule has 0 aliphatic heterocycles. The zero-order valence-electron chi connectivity index (χ0n) is 24.3. The lowest BCUT2D eigenvalue weighted by molar-refractivity contribution is 1.17. The third-order valence-corrected chi connectivity index (χ3v) is 10.4. The van der Waals surface area contributed by atoms with Crippen LogP contribution in [-0.4, -0.2) is 9.13 Å². The summed E-state index contributed by atoms with van der Waals surface area (Å²) in [6.07, 6.45) is 0. The van der Waals surface area contributed by atoms with Crippen LogP contribution in [-0.2, 0) is 0 Å². The second kappa shape index (κ2) is 9.43. The highest BCUT2D eigenvalue weighted by Gasteiger charge is 2.23. The summed E-state index contributed by atoms with van der Waals surface area (Å²) in [6, 6.07) is 57.5. The minimum atomic E-state index is 1.17. The van der Waals surface area contributed by atoms with Crippen molar-refractivity contribution in [2.24, 2.45) is 0 Å². The topological polar surface area (TPSA) is 9.86 Å². The van der Waals surface area contributed by atoms with Gasteiger partial charge in [-0.2, -0.15) is 0 Å². The van der Waals surface area contributed by atoms with Crippen LogP contribution in [0.3, 0.4) is 0 Å². The largest absolute Gasteiger partial charge is 0.309 e. The number of para-hydroxylation sites is 2. The van der Waals surface area contributed by atoms with Gasteiger partial charge in [0.05, 0.1) is 22.1 Å². The van der Waals surface area contributed by atoms with Crippen molar-refractivity contribution < 1.29 is 0 Å². The van der Waals surface area contributed by atoms with Crippen LogP contribution in [0.15, 0.2) is 158 Å². The molecule has 0 atom stereocenters. The maximum Gasteiger partial charge on any atom is 0.0634 e. The lowest BCUT2D eigenvalue weighted by Crippen LogP contribution is -1.95. The zero-order valence-corrected chi connectivity index (χ0v) is 25.1. The standard InChI is InChI=1S/C42H26N2S/c1-3-12-27(13-4-1)28-14-11-17-30(26-28)43-34-20-9-7-18-31(34)39-35(43)23-24-36-40(39)33-22-25-38-41(32-19-8-10-21-37(32)45-38)42(33)44(36)29-15-5-2-6-16-29/h1-26H. The Morgan fingerprint density at radius 3 is 1.84 bits per heavy atom. The van der Waals surface area contributed by atoms with E-state index in [4.69, 9.17) is 0 Å². The molecular weight excluding hydrogens is 565 g/mol. The molecule has 0 saturated carbocycles. The molecule has 10 aromatic rings. The molecule has 0 bridgehead atoms. The van der Waals surface area contributed by atoms with Gasteiger partial charge in [-0.25, -0.2) is 0 Å². The first-order chi connectivity index (χ1) is 22.3. The van der Waals surface area contributed by atoms with Crippen molar-refractivity contribution in [1.29, 1.82) is 0 Å². The Balaban J connectivity index is 1.39. The molecule has 10 rings (SSSR count). The van der Waals surface area contributed by atoms with Crippen LogP contribution in [0.4, 0.5) is 0 Å². The van der Waals surface area contributed by atoms with Crippen LogP contribution >= 0.6 is 11.3 Å². The molecule has 7 aromatic carbocycles. The molecule has 0 N–H and O–H groups in total. The van der Waals surface area contributed by atoms with E-state index in [-0.39, 0.29) is 0 Å². The van der Waals surface area contributed by atoms with E-state index in [1.807, 2.05) is 11.3 Å². The Hall–Kier alpha value is -5.64. The summed E-state index contributed by atoms with van der Waals surface area (Å²) in [5, 5.41) is 7.81. The van der Waals surface area contributed by atoms with Gasteiger partial charge in [-0.3, -0.25) is 0 Å². The predicted octanol–water partition coefficient (Wildman–Crippen LogP) is 11.9. The van der Waals surface area contributed by atoms with Gasteiger partial charge in [-0.15, -0.1) is 11.3 Å². The third-order valence-electron chi connectivity index (χ3n) is 9.29. The summed E-state index contributed by atoms with van der Waals surface area (Å²) in [5.41, 5.74) is 9.73. The van der Waals surface area contributed by atoms with Crippen LogP contribution in [0.1, 0.15) is 0 Å². The maximum atomic E-state index is 2.49. The Morgan fingerprint density at radius 1 is 0.356 bits per heavy atom. The number of benzene rings is 7. The van der Waals surface area contributed by atoms with Crippen molar-refractivity contribution in [3.8, 4) is 22.5 Å². The average Bonchev–Trinajstić information content (AvgIpc) is 3.76. The number of nitrogens with zero attached hydrogens (tertiary/aromatic N) is 2. The number of fused-ring (bicyclic) bond motifs is 11. The third kappa shape index (κ3) is 3.50. The molecule has 0 fully saturated rings. The van der Waals surface area contributed by atoms with E-state index in [1.165, 1.54) is 86.3 Å². The summed E-state index contributed by atoms with van der Waals surface area (Å²) in [5.74, 6) is 0. The fourth-order valence-electron chi connectivity index (χ4n) is 7.44. The molecule has 45 heavy (non-hydrogen) atoms. The van der Waals surface area contributed by atoms with E-state index in [0.717, 1.165) is 0 Å². The van der Waals surface area contributed by atoms with Gasteiger partial charge in [0.2, 0.25) is 0 Å². The summed E-state index contributed by atoms with van der Waals surface area (Å²) >= 11 is 1.88. The zero-order chi connectivity index (χ0) is 29.5. The highest BCUT2D eigenvalue weighted by molar-refractivity contribution is 7.26. The van der Waals surface area contributed by atoms with E-state index >= 15 is 0 Å². The van der Waals surface area contributed by atoms with Gasteiger partial charge in [0, 0.05) is 53.1 Å². The summed E-state index contributed by atoms with van der Waals surface area (Å²) in [6.45, 7) is 0. The monoisotopic (exact) mass is 590 g/mol. The average molecular weight is 591 g/mol.